The monoisotopic (exact) mass is 301 g/mol. The number of aryl methyl sites for hydroxylation is 1. The predicted octanol–water partition coefficient (Wildman–Crippen LogP) is 5.31. The van der Waals surface area contributed by atoms with Gasteiger partial charge in [-0.25, -0.2) is 0 Å². The molecule has 0 N–H and O–H groups in total. The van der Waals surface area contributed by atoms with Crippen LogP contribution in [-0.4, -0.2) is 13.7 Å². The maximum absolute atomic E-state index is 5.44. The summed E-state index contributed by atoms with van der Waals surface area (Å²) in [4.78, 5) is 7.95. The molecule has 3 heteroatoms. The van der Waals surface area contributed by atoms with Crippen LogP contribution in [-0.2, 0) is 4.84 Å². The van der Waals surface area contributed by atoms with Crippen LogP contribution in [0.4, 0.5) is 5.69 Å². The number of nitrogens with zero attached hydrogens (tertiary/aromatic N) is 1. The molecule has 0 amide bonds. The fourth-order valence-electron chi connectivity index (χ4n) is 2.05. The zero-order chi connectivity index (χ0) is 15.1. The minimum Gasteiger partial charge on any atom is -0.277 e. The second-order valence-corrected chi connectivity index (χ2v) is 6.19. The molecule has 21 heavy (non-hydrogen) atoms. The van der Waals surface area contributed by atoms with Crippen LogP contribution in [0.2, 0.25) is 0 Å². The van der Waals surface area contributed by atoms with Gasteiger partial charge in [-0.2, -0.15) is 0 Å². The standard InChI is InChI=1S/C18H23NOS/c1-4-5-14-19(20-3)16-8-12-18(13-9-16)21-17-10-6-15(2)7-11-17/h6-13H,4-5,14H2,1-3H3. The summed E-state index contributed by atoms with van der Waals surface area (Å²) in [5.74, 6) is 0. The first-order chi connectivity index (χ1) is 10.2. The van der Waals surface area contributed by atoms with Gasteiger partial charge in [0.25, 0.3) is 0 Å². The van der Waals surface area contributed by atoms with Gasteiger partial charge in [0, 0.05) is 16.3 Å². The molecule has 0 fully saturated rings. The molecule has 0 saturated carbocycles. The molecule has 2 aromatic carbocycles. The third-order valence-corrected chi connectivity index (χ3v) is 4.33. The summed E-state index contributed by atoms with van der Waals surface area (Å²) in [6, 6.07) is 17.2. The van der Waals surface area contributed by atoms with Crippen LogP contribution >= 0.6 is 11.8 Å². The SMILES string of the molecule is CCCCN(OC)c1ccc(Sc2ccc(C)cc2)cc1. The Morgan fingerprint density at radius 2 is 1.52 bits per heavy atom. The van der Waals surface area contributed by atoms with Gasteiger partial charge < -0.3 is 0 Å². The molecule has 0 aliphatic rings. The number of hydrogen-bond acceptors (Lipinski definition) is 3. The molecule has 0 radical (unpaired) electrons. The molecule has 0 aliphatic carbocycles. The average molecular weight is 301 g/mol. The summed E-state index contributed by atoms with van der Waals surface area (Å²) < 4.78 is 0. The number of hydroxylamine groups is 1. The molecule has 2 nitrogen and oxygen atoms in total. The van der Waals surface area contributed by atoms with Crippen LogP contribution < -0.4 is 5.06 Å². The minimum absolute atomic E-state index is 0.928. The normalized spacial score (nSPS) is 10.6. The summed E-state index contributed by atoms with van der Waals surface area (Å²) in [7, 11) is 1.73. The van der Waals surface area contributed by atoms with E-state index in [1.807, 2.05) is 5.06 Å². The molecule has 0 aromatic heterocycles. The smallest absolute Gasteiger partial charge is 0.0639 e. The van der Waals surface area contributed by atoms with Crippen LogP contribution in [0, 0.1) is 6.92 Å². The van der Waals surface area contributed by atoms with Crippen molar-refractivity contribution in [3.8, 4) is 0 Å². The Hall–Kier alpha value is -1.45. The number of hydrogen-bond donors (Lipinski definition) is 0. The maximum atomic E-state index is 5.44. The lowest BCUT2D eigenvalue weighted by Crippen LogP contribution is -2.22. The van der Waals surface area contributed by atoms with E-state index in [4.69, 9.17) is 4.84 Å². The van der Waals surface area contributed by atoms with Gasteiger partial charge >= 0.3 is 0 Å². The highest BCUT2D eigenvalue weighted by atomic mass is 32.2. The molecule has 0 atom stereocenters. The van der Waals surface area contributed by atoms with Crippen LogP contribution in [0.25, 0.3) is 0 Å². The molecule has 2 rings (SSSR count). The maximum Gasteiger partial charge on any atom is 0.0639 e. The highest BCUT2D eigenvalue weighted by molar-refractivity contribution is 7.99. The molecule has 0 aliphatic heterocycles. The largest absolute Gasteiger partial charge is 0.277 e. The minimum atomic E-state index is 0.928. The van der Waals surface area contributed by atoms with Crippen molar-refractivity contribution in [2.45, 2.75) is 36.5 Å². The summed E-state index contributed by atoms with van der Waals surface area (Å²) in [5, 5.41) is 1.95. The molecule has 0 saturated heterocycles. The molecule has 2 aromatic rings. The van der Waals surface area contributed by atoms with Gasteiger partial charge in [-0.3, -0.25) is 9.90 Å². The Morgan fingerprint density at radius 3 is 2.05 bits per heavy atom. The Morgan fingerprint density at radius 1 is 0.952 bits per heavy atom. The highest BCUT2D eigenvalue weighted by Gasteiger charge is 2.05. The fraction of sp³-hybridized carbons (Fsp3) is 0.333. The second-order valence-electron chi connectivity index (χ2n) is 5.05. The Balaban J connectivity index is 2.02. The third-order valence-electron chi connectivity index (χ3n) is 3.32. The van der Waals surface area contributed by atoms with Crippen molar-refractivity contribution in [3.05, 3.63) is 54.1 Å². The first kappa shape index (κ1) is 15.9. The van der Waals surface area contributed by atoms with E-state index in [-0.39, 0.29) is 0 Å². The number of benzene rings is 2. The van der Waals surface area contributed by atoms with Gasteiger partial charge in [-0.15, -0.1) is 0 Å². The van der Waals surface area contributed by atoms with Crippen molar-refractivity contribution in [1.82, 2.24) is 0 Å². The van der Waals surface area contributed by atoms with Gasteiger partial charge in [-0.05, 0) is 49.7 Å². The lowest BCUT2D eigenvalue weighted by Gasteiger charge is -2.21. The predicted molar refractivity (Wildman–Crippen MR) is 91.0 cm³/mol. The van der Waals surface area contributed by atoms with Gasteiger partial charge in [-0.1, -0.05) is 42.8 Å². The van der Waals surface area contributed by atoms with Crippen molar-refractivity contribution in [3.63, 3.8) is 0 Å². The van der Waals surface area contributed by atoms with Gasteiger partial charge in [0.05, 0.1) is 12.8 Å². The average Bonchev–Trinajstić information content (AvgIpc) is 2.52. The zero-order valence-corrected chi connectivity index (χ0v) is 13.8. The molecular weight excluding hydrogens is 278 g/mol. The zero-order valence-electron chi connectivity index (χ0n) is 13.0. The van der Waals surface area contributed by atoms with Crippen molar-refractivity contribution in [2.24, 2.45) is 0 Å². The number of rotatable bonds is 7. The van der Waals surface area contributed by atoms with Crippen LogP contribution in [0.1, 0.15) is 25.3 Å². The molecule has 0 heterocycles. The second kappa shape index (κ2) is 8.11. The number of anilines is 1. The summed E-state index contributed by atoms with van der Waals surface area (Å²) >= 11 is 1.78. The van der Waals surface area contributed by atoms with E-state index in [0.29, 0.717) is 0 Å². The summed E-state index contributed by atoms with van der Waals surface area (Å²) in [6.07, 6.45) is 2.30. The summed E-state index contributed by atoms with van der Waals surface area (Å²) in [5.41, 5.74) is 2.40. The van der Waals surface area contributed by atoms with Crippen LogP contribution in [0.5, 0.6) is 0 Å². The topological polar surface area (TPSA) is 12.5 Å². The lowest BCUT2D eigenvalue weighted by atomic mass is 10.2. The fourth-order valence-corrected chi connectivity index (χ4v) is 2.87. The van der Waals surface area contributed by atoms with E-state index >= 15 is 0 Å². The van der Waals surface area contributed by atoms with Crippen molar-refractivity contribution in [1.29, 1.82) is 0 Å². The van der Waals surface area contributed by atoms with Crippen molar-refractivity contribution < 1.29 is 4.84 Å². The van der Waals surface area contributed by atoms with E-state index in [9.17, 15) is 0 Å². The Labute approximate surface area is 132 Å². The van der Waals surface area contributed by atoms with E-state index in [2.05, 4.69) is 62.4 Å². The van der Waals surface area contributed by atoms with Gasteiger partial charge in [0.2, 0.25) is 0 Å². The quantitative estimate of drug-likeness (QED) is 0.643. The molecule has 0 bridgehead atoms. The van der Waals surface area contributed by atoms with E-state index in [1.54, 1.807) is 18.9 Å². The molecular formula is C18H23NOS. The molecule has 0 spiro atoms. The molecule has 112 valence electrons. The summed E-state index contributed by atoms with van der Waals surface area (Å²) in [6.45, 7) is 5.23. The van der Waals surface area contributed by atoms with E-state index in [0.717, 1.165) is 18.7 Å². The highest BCUT2D eigenvalue weighted by Crippen LogP contribution is 2.29. The Bertz CT molecular complexity index is 536. The van der Waals surface area contributed by atoms with Gasteiger partial charge in [0.1, 0.15) is 0 Å². The Kier molecular flexibility index (Phi) is 6.15. The first-order valence-corrected chi connectivity index (χ1v) is 8.21. The first-order valence-electron chi connectivity index (χ1n) is 7.39. The lowest BCUT2D eigenvalue weighted by molar-refractivity contribution is 0.165. The van der Waals surface area contributed by atoms with Crippen molar-refractivity contribution in [2.75, 3.05) is 18.7 Å². The van der Waals surface area contributed by atoms with Crippen molar-refractivity contribution >= 4 is 17.4 Å². The van der Waals surface area contributed by atoms with Gasteiger partial charge in [0.15, 0.2) is 0 Å². The van der Waals surface area contributed by atoms with E-state index in [1.165, 1.54) is 21.8 Å². The van der Waals surface area contributed by atoms with Crippen LogP contribution in [0.3, 0.4) is 0 Å². The number of unbranched alkanes of at least 4 members (excludes halogenated alkanes) is 1. The van der Waals surface area contributed by atoms with E-state index < -0.39 is 0 Å². The molecule has 0 unspecified atom stereocenters. The van der Waals surface area contributed by atoms with Crippen LogP contribution in [0.15, 0.2) is 58.3 Å². The third kappa shape index (κ3) is 4.80.